The van der Waals surface area contributed by atoms with Crippen molar-refractivity contribution in [2.45, 2.75) is 284 Å². The molecule has 0 aromatic rings. The molecule has 0 N–H and O–H groups in total. The van der Waals surface area contributed by atoms with Crippen molar-refractivity contribution in [3.05, 3.63) is 109 Å². The minimum atomic E-state index is -0.796. The van der Waals surface area contributed by atoms with Gasteiger partial charge in [-0.25, -0.2) is 0 Å². The zero-order valence-electron chi connectivity index (χ0n) is 47.6. The molecule has 0 bridgehead atoms. The summed E-state index contributed by atoms with van der Waals surface area (Å²) >= 11 is 0. The van der Waals surface area contributed by atoms with Crippen molar-refractivity contribution in [3.8, 4) is 0 Å². The molecular weight excluding hydrogens is 901 g/mol. The standard InChI is InChI=1S/C67H112O6/c1-4-7-10-13-16-19-22-25-28-30-32-33-35-36-39-42-45-48-51-54-57-60-66(69)72-63-64(62-71-65(68)59-56-53-50-47-44-41-38-27-24-21-18-15-12-9-6-3)73-67(70)61-58-55-52-49-46-43-40-37-34-31-29-26-23-20-17-14-11-8-5-2/h7-8,10-11,16-17,19-20,25-26,28-29,32-34,36-37,39,64H,4-6,9,12-15,18,21-24,27,30-31,35,38,40-63H2,1-3H3/b10-7-,11-8-,19-16-,20-17-,28-25-,29-26-,33-32-,37-34-,39-36-. The van der Waals surface area contributed by atoms with Crippen molar-refractivity contribution in [2.24, 2.45) is 0 Å². The van der Waals surface area contributed by atoms with E-state index in [1.807, 2.05) is 0 Å². The van der Waals surface area contributed by atoms with Crippen molar-refractivity contribution in [1.29, 1.82) is 0 Å². The third-order valence-corrected chi connectivity index (χ3v) is 12.8. The van der Waals surface area contributed by atoms with Gasteiger partial charge in [0, 0.05) is 19.3 Å². The molecule has 0 saturated heterocycles. The van der Waals surface area contributed by atoms with Gasteiger partial charge in [0.15, 0.2) is 6.10 Å². The number of unbranched alkanes of at least 4 members (excludes halogenated alkanes) is 25. The van der Waals surface area contributed by atoms with Gasteiger partial charge in [-0.3, -0.25) is 14.4 Å². The van der Waals surface area contributed by atoms with E-state index >= 15 is 0 Å². The average molecular weight is 1010 g/mol. The van der Waals surface area contributed by atoms with Gasteiger partial charge < -0.3 is 14.2 Å². The molecule has 0 aliphatic rings. The number of rotatable bonds is 54. The smallest absolute Gasteiger partial charge is 0.306 e. The van der Waals surface area contributed by atoms with Gasteiger partial charge in [-0.2, -0.15) is 0 Å². The summed E-state index contributed by atoms with van der Waals surface area (Å²) in [5.41, 5.74) is 0. The highest BCUT2D eigenvalue weighted by Crippen LogP contribution is 2.16. The maximum Gasteiger partial charge on any atom is 0.306 e. The molecule has 0 amide bonds. The summed E-state index contributed by atoms with van der Waals surface area (Å²) in [4.78, 5) is 38.3. The van der Waals surface area contributed by atoms with Crippen LogP contribution in [-0.2, 0) is 28.6 Å². The number of allylic oxidation sites excluding steroid dienone is 18. The molecule has 6 heteroatoms. The zero-order chi connectivity index (χ0) is 52.9. The van der Waals surface area contributed by atoms with Crippen molar-refractivity contribution in [1.82, 2.24) is 0 Å². The maximum absolute atomic E-state index is 12.9. The summed E-state index contributed by atoms with van der Waals surface area (Å²) < 4.78 is 16.9. The summed E-state index contributed by atoms with van der Waals surface area (Å²) in [5, 5.41) is 0. The van der Waals surface area contributed by atoms with E-state index in [0.717, 1.165) is 148 Å². The third-order valence-electron chi connectivity index (χ3n) is 12.8. The van der Waals surface area contributed by atoms with Crippen LogP contribution in [0.2, 0.25) is 0 Å². The van der Waals surface area contributed by atoms with Crippen molar-refractivity contribution in [2.75, 3.05) is 13.2 Å². The SMILES string of the molecule is CC/C=C\C/C=C\C/C=C\C/C=C\C/C=C\CCCCCCCC(=O)OCC(COC(=O)CCCCCCCCCCCCCCCCC)OC(=O)CCCCCCCC/C=C\C/C=C\C/C=C\C/C=C\CC. The van der Waals surface area contributed by atoms with Crippen molar-refractivity contribution in [3.63, 3.8) is 0 Å². The van der Waals surface area contributed by atoms with Crippen LogP contribution >= 0.6 is 0 Å². The Hall–Kier alpha value is -3.93. The highest BCUT2D eigenvalue weighted by Gasteiger charge is 2.19. The van der Waals surface area contributed by atoms with Gasteiger partial charge in [-0.05, 0) is 103 Å². The largest absolute Gasteiger partial charge is 0.462 e. The lowest BCUT2D eigenvalue weighted by Gasteiger charge is -2.18. The molecule has 73 heavy (non-hydrogen) atoms. The normalized spacial score (nSPS) is 12.9. The monoisotopic (exact) mass is 1010 g/mol. The van der Waals surface area contributed by atoms with Gasteiger partial charge >= 0.3 is 17.9 Å². The van der Waals surface area contributed by atoms with Gasteiger partial charge in [-0.15, -0.1) is 0 Å². The summed E-state index contributed by atoms with van der Waals surface area (Å²) in [6.07, 6.45) is 82.2. The molecule has 1 unspecified atom stereocenters. The van der Waals surface area contributed by atoms with Crippen LogP contribution in [0.3, 0.4) is 0 Å². The first-order valence-corrected chi connectivity index (χ1v) is 30.4. The second kappa shape index (κ2) is 60.6. The van der Waals surface area contributed by atoms with Crippen LogP contribution in [0.25, 0.3) is 0 Å². The fraction of sp³-hybridized carbons (Fsp3) is 0.687. The molecule has 0 aliphatic heterocycles. The Balaban J connectivity index is 4.45. The second-order valence-electron chi connectivity index (χ2n) is 19.9. The molecule has 0 aromatic heterocycles. The van der Waals surface area contributed by atoms with E-state index in [4.69, 9.17) is 14.2 Å². The lowest BCUT2D eigenvalue weighted by molar-refractivity contribution is -0.167. The molecule has 0 heterocycles. The van der Waals surface area contributed by atoms with E-state index in [1.54, 1.807) is 0 Å². The average Bonchev–Trinajstić information content (AvgIpc) is 3.39. The molecule has 0 fully saturated rings. The fourth-order valence-electron chi connectivity index (χ4n) is 8.28. The molecule has 0 aliphatic carbocycles. The summed E-state index contributed by atoms with van der Waals surface area (Å²) in [6.45, 7) is 6.40. The van der Waals surface area contributed by atoms with Gasteiger partial charge in [0.05, 0.1) is 0 Å². The Labute approximate surface area is 450 Å². The maximum atomic E-state index is 12.9. The Morgan fingerprint density at radius 3 is 0.836 bits per heavy atom. The highest BCUT2D eigenvalue weighted by molar-refractivity contribution is 5.71. The molecular formula is C67H112O6. The third kappa shape index (κ3) is 58.8. The van der Waals surface area contributed by atoms with Crippen LogP contribution in [0.1, 0.15) is 278 Å². The van der Waals surface area contributed by atoms with Gasteiger partial charge in [0.1, 0.15) is 13.2 Å². The quantitative estimate of drug-likeness (QED) is 0.0261. The minimum absolute atomic E-state index is 0.0895. The number of carbonyl (C=O) groups excluding carboxylic acids is 3. The van der Waals surface area contributed by atoms with Crippen LogP contribution < -0.4 is 0 Å². The second-order valence-corrected chi connectivity index (χ2v) is 19.9. The van der Waals surface area contributed by atoms with Gasteiger partial charge in [0.25, 0.3) is 0 Å². The zero-order valence-corrected chi connectivity index (χ0v) is 47.6. The number of carbonyl (C=O) groups is 3. The van der Waals surface area contributed by atoms with Crippen LogP contribution in [-0.4, -0.2) is 37.2 Å². The van der Waals surface area contributed by atoms with E-state index in [0.29, 0.717) is 19.3 Å². The predicted octanol–water partition coefficient (Wildman–Crippen LogP) is 20.7. The highest BCUT2D eigenvalue weighted by atomic mass is 16.6. The molecule has 0 rings (SSSR count). The minimum Gasteiger partial charge on any atom is -0.462 e. The summed E-state index contributed by atoms with van der Waals surface area (Å²) in [5.74, 6) is -0.917. The first-order chi connectivity index (χ1) is 36.0. The van der Waals surface area contributed by atoms with Crippen LogP contribution in [0.15, 0.2) is 109 Å². The molecule has 0 spiro atoms. The van der Waals surface area contributed by atoms with Crippen molar-refractivity contribution < 1.29 is 28.6 Å². The van der Waals surface area contributed by atoms with Gasteiger partial charge in [-0.1, -0.05) is 265 Å². The fourth-order valence-corrected chi connectivity index (χ4v) is 8.28. The van der Waals surface area contributed by atoms with Crippen LogP contribution in [0.4, 0.5) is 0 Å². The Bertz CT molecular complexity index is 1490. The van der Waals surface area contributed by atoms with Crippen LogP contribution in [0.5, 0.6) is 0 Å². The Morgan fingerprint density at radius 2 is 0.534 bits per heavy atom. The number of hydrogen-bond acceptors (Lipinski definition) is 6. The van der Waals surface area contributed by atoms with Crippen LogP contribution in [0, 0.1) is 0 Å². The van der Waals surface area contributed by atoms with E-state index in [1.165, 1.54) is 89.9 Å². The van der Waals surface area contributed by atoms with E-state index in [2.05, 4.69) is 130 Å². The molecule has 0 radical (unpaired) electrons. The number of ether oxygens (including phenoxy) is 3. The summed E-state index contributed by atoms with van der Waals surface area (Å²) in [6, 6.07) is 0. The molecule has 6 nitrogen and oxygen atoms in total. The molecule has 0 saturated carbocycles. The first kappa shape index (κ1) is 69.1. The van der Waals surface area contributed by atoms with E-state index < -0.39 is 6.10 Å². The van der Waals surface area contributed by atoms with E-state index in [9.17, 15) is 14.4 Å². The predicted molar refractivity (Wildman–Crippen MR) is 316 cm³/mol. The lowest BCUT2D eigenvalue weighted by atomic mass is 10.0. The number of hydrogen-bond donors (Lipinski definition) is 0. The van der Waals surface area contributed by atoms with Gasteiger partial charge in [0.2, 0.25) is 0 Å². The Kier molecular flexibility index (Phi) is 57.4. The molecule has 0 aromatic carbocycles. The molecule has 1 atom stereocenters. The summed E-state index contributed by atoms with van der Waals surface area (Å²) in [7, 11) is 0. The molecule has 416 valence electrons. The Morgan fingerprint density at radius 1 is 0.288 bits per heavy atom. The number of esters is 3. The lowest BCUT2D eigenvalue weighted by Crippen LogP contribution is -2.30. The topological polar surface area (TPSA) is 78.9 Å². The van der Waals surface area contributed by atoms with E-state index in [-0.39, 0.29) is 31.1 Å². The van der Waals surface area contributed by atoms with Crippen molar-refractivity contribution >= 4 is 17.9 Å². The first-order valence-electron chi connectivity index (χ1n) is 30.4.